The Kier molecular flexibility index (Phi) is 7.81. The van der Waals surface area contributed by atoms with E-state index in [1.807, 2.05) is 36.4 Å². The summed E-state index contributed by atoms with van der Waals surface area (Å²) in [6.45, 7) is 1.59. The molecule has 1 amide bonds. The molecule has 2 aromatic rings. The molecule has 2 aromatic carbocycles. The van der Waals surface area contributed by atoms with Crippen LogP contribution < -0.4 is 14.8 Å². The number of amides is 1. The van der Waals surface area contributed by atoms with Crippen molar-refractivity contribution in [2.45, 2.75) is 25.3 Å². The van der Waals surface area contributed by atoms with Crippen LogP contribution in [-0.2, 0) is 0 Å². The van der Waals surface area contributed by atoms with E-state index in [4.69, 9.17) is 9.47 Å². The Bertz CT molecular complexity index is 766. The van der Waals surface area contributed by atoms with Gasteiger partial charge in [-0.15, -0.1) is 0 Å². The maximum Gasteiger partial charge on any atom is 0.255 e. The molecule has 3 rings (SSSR count). The molecule has 1 saturated heterocycles. The highest BCUT2D eigenvalue weighted by molar-refractivity contribution is 5.97. The summed E-state index contributed by atoms with van der Waals surface area (Å²) >= 11 is 0. The molecule has 1 N–H and O–H groups in total. The van der Waals surface area contributed by atoms with E-state index in [2.05, 4.69) is 5.32 Å². The van der Waals surface area contributed by atoms with E-state index in [1.54, 1.807) is 23.1 Å². The van der Waals surface area contributed by atoms with Gasteiger partial charge in [0.05, 0.1) is 12.1 Å². The van der Waals surface area contributed by atoms with Crippen molar-refractivity contribution in [1.82, 2.24) is 10.2 Å². The number of carbonyl (C=O) groups is 1. The van der Waals surface area contributed by atoms with Crippen LogP contribution in [0.25, 0.3) is 0 Å². The van der Waals surface area contributed by atoms with Crippen LogP contribution in [0.2, 0.25) is 0 Å². The molecule has 0 radical (unpaired) electrons. The number of nitrogens with zero attached hydrogens (tertiary/aromatic N) is 1. The van der Waals surface area contributed by atoms with Crippen LogP contribution in [-0.4, -0.2) is 56.1 Å². The number of carbonyl (C=O) groups excluding carboxylic acids is 1. The summed E-state index contributed by atoms with van der Waals surface area (Å²) in [4.78, 5) is 14.4. The smallest absolute Gasteiger partial charge is 0.255 e. The van der Waals surface area contributed by atoms with E-state index in [9.17, 15) is 13.6 Å². The van der Waals surface area contributed by atoms with Gasteiger partial charge in [-0.05, 0) is 37.1 Å². The molecule has 0 atom stereocenters. The fourth-order valence-corrected chi connectivity index (χ4v) is 3.33. The number of likely N-dealkylation sites (tertiary alicyclic amines) is 1. The van der Waals surface area contributed by atoms with Gasteiger partial charge in [0.1, 0.15) is 24.7 Å². The number of hydrogen-bond donors (Lipinski definition) is 1. The number of halogens is 2. The third-order valence-electron chi connectivity index (χ3n) is 4.80. The lowest BCUT2D eigenvalue weighted by Crippen LogP contribution is -2.45. The Balaban J connectivity index is 1.47. The van der Waals surface area contributed by atoms with Gasteiger partial charge in [0.2, 0.25) is 0 Å². The molecule has 0 aliphatic carbocycles. The third-order valence-corrected chi connectivity index (χ3v) is 4.80. The van der Waals surface area contributed by atoms with Gasteiger partial charge in [-0.2, -0.15) is 0 Å². The number of piperidine rings is 1. The lowest BCUT2D eigenvalue weighted by atomic mass is 10.0. The Morgan fingerprint density at radius 2 is 1.66 bits per heavy atom. The van der Waals surface area contributed by atoms with Crippen molar-refractivity contribution < 1.29 is 23.0 Å². The fourth-order valence-electron chi connectivity index (χ4n) is 3.33. The van der Waals surface area contributed by atoms with Crippen molar-refractivity contribution >= 4 is 5.91 Å². The van der Waals surface area contributed by atoms with Crippen LogP contribution in [0.5, 0.6) is 11.5 Å². The molecule has 0 spiro atoms. The lowest BCUT2D eigenvalue weighted by molar-refractivity contribution is 0.0695. The summed E-state index contributed by atoms with van der Waals surface area (Å²) in [6, 6.07) is 16.5. The minimum Gasteiger partial charge on any atom is -0.490 e. The third kappa shape index (κ3) is 6.71. The topological polar surface area (TPSA) is 50.8 Å². The number of benzene rings is 2. The number of nitrogens with one attached hydrogen (secondary N) is 1. The second-order valence-electron chi connectivity index (χ2n) is 6.95. The largest absolute Gasteiger partial charge is 0.490 e. The van der Waals surface area contributed by atoms with Gasteiger partial charge >= 0.3 is 0 Å². The van der Waals surface area contributed by atoms with Crippen LogP contribution in [0.4, 0.5) is 8.78 Å². The highest BCUT2D eigenvalue weighted by Crippen LogP contribution is 2.19. The molecular formula is C22H26F2N2O3. The van der Waals surface area contributed by atoms with Gasteiger partial charge in [0.25, 0.3) is 12.3 Å². The van der Waals surface area contributed by atoms with Gasteiger partial charge in [-0.1, -0.05) is 30.3 Å². The van der Waals surface area contributed by atoms with Crippen molar-refractivity contribution in [2.24, 2.45) is 0 Å². The van der Waals surface area contributed by atoms with Gasteiger partial charge < -0.3 is 14.8 Å². The van der Waals surface area contributed by atoms with Crippen LogP contribution in [0.15, 0.2) is 54.6 Å². The Labute approximate surface area is 169 Å². The summed E-state index contributed by atoms with van der Waals surface area (Å²) in [5, 5.41) is 3.00. The molecule has 29 heavy (non-hydrogen) atoms. The van der Waals surface area contributed by atoms with Crippen LogP contribution in [0, 0.1) is 0 Å². The van der Waals surface area contributed by atoms with Crippen LogP contribution in [0.3, 0.4) is 0 Å². The molecule has 5 nitrogen and oxygen atoms in total. The summed E-state index contributed by atoms with van der Waals surface area (Å²) in [5.41, 5.74) is 0.460. The zero-order chi connectivity index (χ0) is 20.5. The highest BCUT2D eigenvalue weighted by Gasteiger charge is 2.23. The number of alkyl halides is 2. The lowest BCUT2D eigenvalue weighted by Gasteiger charge is -2.32. The number of ether oxygens (including phenoxy) is 2. The average Bonchev–Trinajstić information content (AvgIpc) is 2.73. The first kappa shape index (κ1) is 21.0. The molecule has 1 heterocycles. The molecule has 0 saturated carbocycles. The molecule has 156 valence electrons. The van der Waals surface area contributed by atoms with E-state index in [0.29, 0.717) is 50.5 Å². The van der Waals surface area contributed by atoms with E-state index < -0.39 is 6.43 Å². The van der Waals surface area contributed by atoms with Gasteiger partial charge in [-0.3, -0.25) is 9.69 Å². The standard InChI is InChI=1S/C22H26F2N2O3/c23-21(24)16-26-12-10-17(11-13-26)25-22(27)19-8-4-5-9-20(19)29-15-14-28-18-6-2-1-3-7-18/h1-9,17,21H,10-16H2,(H,25,27). The molecule has 0 aromatic heterocycles. The maximum atomic E-state index is 12.7. The Hall–Kier alpha value is -2.67. The van der Waals surface area contributed by atoms with Crippen LogP contribution in [0.1, 0.15) is 23.2 Å². The molecular weight excluding hydrogens is 378 g/mol. The number of rotatable bonds is 9. The first-order chi connectivity index (χ1) is 14.1. The van der Waals surface area contributed by atoms with E-state index in [0.717, 1.165) is 5.75 Å². The number of para-hydroxylation sites is 2. The highest BCUT2D eigenvalue weighted by atomic mass is 19.3. The van der Waals surface area contributed by atoms with Crippen molar-refractivity contribution in [3.05, 3.63) is 60.2 Å². The summed E-state index contributed by atoms with van der Waals surface area (Å²) < 4.78 is 36.3. The molecule has 0 bridgehead atoms. The van der Waals surface area contributed by atoms with Crippen LogP contribution >= 0.6 is 0 Å². The second-order valence-corrected chi connectivity index (χ2v) is 6.95. The van der Waals surface area contributed by atoms with E-state index in [-0.39, 0.29) is 18.5 Å². The summed E-state index contributed by atoms with van der Waals surface area (Å²) in [5.74, 6) is 1.05. The van der Waals surface area contributed by atoms with Crippen molar-refractivity contribution in [3.63, 3.8) is 0 Å². The SMILES string of the molecule is O=C(NC1CCN(CC(F)F)CC1)c1ccccc1OCCOc1ccccc1. The van der Waals surface area contributed by atoms with Gasteiger partial charge in [-0.25, -0.2) is 8.78 Å². The minimum atomic E-state index is -2.32. The van der Waals surface area contributed by atoms with Crippen molar-refractivity contribution in [1.29, 1.82) is 0 Å². The molecule has 7 heteroatoms. The summed E-state index contributed by atoms with van der Waals surface area (Å²) in [6.07, 6.45) is -1.00. The van der Waals surface area contributed by atoms with E-state index >= 15 is 0 Å². The summed E-state index contributed by atoms with van der Waals surface area (Å²) in [7, 11) is 0. The minimum absolute atomic E-state index is 0.0223. The Morgan fingerprint density at radius 3 is 2.38 bits per heavy atom. The normalized spacial score (nSPS) is 15.3. The molecule has 0 unspecified atom stereocenters. The van der Waals surface area contributed by atoms with E-state index in [1.165, 1.54) is 0 Å². The van der Waals surface area contributed by atoms with Gasteiger partial charge in [0.15, 0.2) is 0 Å². The zero-order valence-corrected chi connectivity index (χ0v) is 16.2. The number of hydrogen-bond acceptors (Lipinski definition) is 4. The fraction of sp³-hybridized carbons (Fsp3) is 0.409. The first-order valence-electron chi connectivity index (χ1n) is 9.83. The maximum absolute atomic E-state index is 12.7. The zero-order valence-electron chi connectivity index (χ0n) is 16.2. The monoisotopic (exact) mass is 404 g/mol. The average molecular weight is 404 g/mol. The quantitative estimate of drug-likeness (QED) is 0.649. The molecule has 1 aliphatic rings. The second kappa shape index (κ2) is 10.8. The molecule has 1 fully saturated rings. The van der Waals surface area contributed by atoms with Crippen molar-refractivity contribution in [2.75, 3.05) is 32.8 Å². The molecule has 1 aliphatic heterocycles. The van der Waals surface area contributed by atoms with Gasteiger partial charge in [0, 0.05) is 19.1 Å². The first-order valence-corrected chi connectivity index (χ1v) is 9.83. The Morgan fingerprint density at radius 1 is 1.00 bits per heavy atom. The van der Waals surface area contributed by atoms with Crippen molar-refractivity contribution in [3.8, 4) is 11.5 Å². The predicted octanol–water partition coefficient (Wildman–Crippen LogP) is 3.60. The predicted molar refractivity (Wildman–Crippen MR) is 107 cm³/mol.